The third-order valence-electron chi connectivity index (χ3n) is 12.6. The average Bonchev–Trinajstić information content (AvgIpc) is 3.91. The fourth-order valence-electron chi connectivity index (χ4n) is 9.57. The summed E-state index contributed by atoms with van der Waals surface area (Å²) in [6.45, 7) is 0. The van der Waals surface area contributed by atoms with E-state index in [-0.39, 0.29) is 0 Å². The van der Waals surface area contributed by atoms with Gasteiger partial charge in [-0.15, -0.1) is 0 Å². The lowest BCUT2D eigenvalue weighted by Gasteiger charge is -2.14. The van der Waals surface area contributed by atoms with Crippen molar-refractivity contribution in [2.45, 2.75) is 0 Å². The molecule has 0 N–H and O–H groups in total. The Hall–Kier alpha value is -8.67. The Balaban J connectivity index is 1.11. The van der Waals surface area contributed by atoms with Crippen LogP contribution >= 0.6 is 0 Å². The topological polar surface area (TPSA) is 56.7 Å². The third kappa shape index (κ3) is 5.90. The number of benzene rings is 10. The van der Waals surface area contributed by atoms with Crippen LogP contribution in [0.15, 0.2) is 223 Å². The lowest BCUT2D eigenvalue weighted by molar-refractivity contribution is 0.669. The molecule has 0 bridgehead atoms. The Kier molecular flexibility index (Phi) is 8.15. The van der Waals surface area contributed by atoms with Crippen molar-refractivity contribution < 1.29 is 4.42 Å². The first kappa shape index (κ1) is 36.0. The van der Waals surface area contributed by atoms with Crippen LogP contribution in [-0.4, -0.2) is 19.5 Å². The SMILES string of the molecule is c1ccc(-c2cccc(-c3nc(-c4cccc(-c5ccccc5)c4)nc(-c4cc(-n5c6cc7ccccc7cc6c6c7ccccc7ccc65)c5c(c4)oc4ccccc45)n3)c2)cc1. The summed E-state index contributed by atoms with van der Waals surface area (Å²) in [7, 11) is 0. The van der Waals surface area contributed by atoms with Crippen molar-refractivity contribution in [2.24, 2.45) is 0 Å². The summed E-state index contributed by atoms with van der Waals surface area (Å²) in [6, 6.07) is 76.9. The molecule has 64 heavy (non-hydrogen) atoms. The molecule has 13 rings (SSSR count). The Bertz CT molecular complexity index is 3860. The smallest absolute Gasteiger partial charge is 0.164 e. The maximum absolute atomic E-state index is 6.79. The predicted octanol–water partition coefficient (Wildman–Crippen LogP) is 15.5. The van der Waals surface area contributed by atoms with Crippen LogP contribution in [0.1, 0.15) is 0 Å². The van der Waals surface area contributed by atoms with Crippen molar-refractivity contribution in [3.63, 3.8) is 0 Å². The summed E-state index contributed by atoms with van der Waals surface area (Å²) < 4.78 is 9.22. The monoisotopic (exact) mass is 816 g/mol. The number of hydrogen-bond acceptors (Lipinski definition) is 4. The van der Waals surface area contributed by atoms with Gasteiger partial charge in [0.1, 0.15) is 11.2 Å². The molecule has 0 saturated heterocycles. The first-order chi connectivity index (χ1) is 31.7. The highest BCUT2D eigenvalue weighted by atomic mass is 16.3. The van der Waals surface area contributed by atoms with E-state index >= 15 is 0 Å². The fraction of sp³-hybridized carbons (Fsp3) is 0. The minimum Gasteiger partial charge on any atom is -0.456 e. The molecule has 13 aromatic rings. The van der Waals surface area contributed by atoms with Gasteiger partial charge >= 0.3 is 0 Å². The van der Waals surface area contributed by atoms with Crippen LogP contribution in [0.2, 0.25) is 0 Å². The zero-order valence-electron chi connectivity index (χ0n) is 34.5. The Morgan fingerprint density at radius 1 is 0.297 bits per heavy atom. The van der Waals surface area contributed by atoms with Crippen LogP contribution in [0.3, 0.4) is 0 Å². The molecule has 0 saturated carbocycles. The number of aromatic nitrogens is 4. The second kappa shape index (κ2) is 14.5. The maximum Gasteiger partial charge on any atom is 0.164 e. The molecule has 0 radical (unpaired) electrons. The maximum atomic E-state index is 6.79. The molecule has 0 unspecified atom stereocenters. The van der Waals surface area contributed by atoms with E-state index in [1.54, 1.807) is 0 Å². The summed E-state index contributed by atoms with van der Waals surface area (Å²) in [5.41, 5.74) is 11.8. The number of rotatable bonds is 6. The zero-order valence-corrected chi connectivity index (χ0v) is 34.5. The number of nitrogens with zero attached hydrogens (tertiary/aromatic N) is 4. The highest BCUT2D eigenvalue weighted by Crippen LogP contribution is 2.44. The van der Waals surface area contributed by atoms with E-state index in [1.807, 2.05) is 24.3 Å². The van der Waals surface area contributed by atoms with Gasteiger partial charge < -0.3 is 8.98 Å². The summed E-state index contributed by atoms with van der Waals surface area (Å²) >= 11 is 0. The molecule has 5 heteroatoms. The van der Waals surface area contributed by atoms with E-state index in [0.717, 1.165) is 77.6 Å². The van der Waals surface area contributed by atoms with Crippen LogP contribution in [0.4, 0.5) is 0 Å². The lowest BCUT2D eigenvalue weighted by Crippen LogP contribution is -2.02. The van der Waals surface area contributed by atoms with Gasteiger partial charge in [-0.1, -0.05) is 170 Å². The zero-order chi connectivity index (χ0) is 42.1. The normalized spacial score (nSPS) is 11.8. The molecule has 10 aromatic carbocycles. The molecule has 0 aliphatic rings. The van der Waals surface area contributed by atoms with Crippen LogP contribution in [-0.2, 0) is 0 Å². The largest absolute Gasteiger partial charge is 0.456 e. The molecular formula is C59H36N4O. The van der Waals surface area contributed by atoms with Gasteiger partial charge in [0.05, 0.1) is 22.1 Å². The number of hydrogen-bond donors (Lipinski definition) is 0. The summed E-state index contributed by atoms with van der Waals surface area (Å²) in [6.07, 6.45) is 0. The number of fused-ring (bicyclic) bond motifs is 9. The number of para-hydroxylation sites is 1. The molecular weight excluding hydrogens is 781 g/mol. The van der Waals surface area contributed by atoms with Gasteiger partial charge in [0.2, 0.25) is 0 Å². The van der Waals surface area contributed by atoms with Crippen molar-refractivity contribution in [3.8, 4) is 62.1 Å². The van der Waals surface area contributed by atoms with Gasteiger partial charge in [-0.2, -0.15) is 0 Å². The molecule has 3 heterocycles. The van der Waals surface area contributed by atoms with Gasteiger partial charge in [-0.3, -0.25) is 0 Å². The van der Waals surface area contributed by atoms with Crippen LogP contribution in [0, 0.1) is 0 Å². The van der Waals surface area contributed by atoms with Crippen molar-refractivity contribution in [3.05, 3.63) is 218 Å². The summed E-state index contributed by atoms with van der Waals surface area (Å²) in [5, 5.41) is 9.27. The molecule has 0 spiro atoms. The predicted molar refractivity (Wildman–Crippen MR) is 264 cm³/mol. The molecule has 0 aliphatic heterocycles. The second-order valence-electron chi connectivity index (χ2n) is 16.4. The molecule has 5 nitrogen and oxygen atoms in total. The van der Waals surface area contributed by atoms with E-state index in [1.165, 1.54) is 32.3 Å². The molecule has 0 atom stereocenters. The lowest BCUT2D eigenvalue weighted by atomic mass is 10.0. The van der Waals surface area contributed by atoms with E-state index in [4.69, 9.17) is 19.4 Å². The first-order valence-electron chi connectivity index (χ1n) is 21.6. The summed E-state index contributed by atoms with van der Waals surface area (Å²) in [4.78, 5) is 15.9. The molecule has 0 fully saturated rings. The Morgan fingerprint density at radius 2 is 0.828 bits per heavy atom. The minimum atomic E-state index is 0.551. The van der Waals surface area contributed by atoms with Crippen molar-refractivity contribution in [1.29, 1.82) is 0 Å². The van der Waals surface area contributed by atoms with Gasteiger partial charge in [-0.05, 0) is 92.3 Å². The standard InChI is InChI=1S/C59H36N4O/c1-3-15-37(16-4-1)40-22-13-24-44(31-40)57-60-58(45-25-14-23-41(32-45)38-17-5-2-6-18-38)62-59(61-57)46-35-52(56-48-27-11-12-28-53(48)64-54(56)36-46)63-50-30-29-39-19-9-10-26-47(39)55(50)49-33-42-20-7-8-21-43(42)34-51(49)63/h1-36H. The van der Waals surface area contributed by atoms with Crippen molar-refractivity contribution in [1.82, 2.24) is 19.5 Å². The van der Waals surface area contributed by atoms with Crippen LogP contribution in [0.5, 0.6) is 0 Å². The fourth-order valence-corrected chi connectivity index (χ4v) is 9.57. The first-order valence-corrected chi connectivity index (χ1v) is 21.6. The van der Waals surface area contributed by atoms with E-state index < -0.39 is 0 Å². The van der Waals surface area contributed by atoms with E-state index in [9.17, 15) is 0 Å². The molecule has 0 aliphatic carbocycles. The van der Waals surface area contributed by atoms with Gasteiger partial charge in [0.15, 0.2) is 17.5 Å². The molecule has 298 valence electrons. The van der Waals surface area contributed by atoms with Crippen molar-refractivity contribution in [2.75, 3.05) is 0 Å². The highest BCUT2D eigenvalue weighted by Gasteiger charge is 2.23. The molecule has 0 amide bonds. The van der Waals surface area contributed by atoms with Crippen LogP contribution < -0.4 is 0 Å². The van der Waals surface area contributed by atoms with Gasteiger partial charge in [0, 0.05) is 32.8 Å². The summed E-state index contributed by atoms with van der Waals surface area (Å²) in [5.74, 6) is 1.73. The van der Waals surface area contributed by atoms with Crippen molar-refractivity contribution >= 4 is 65.3 Å². The Labute approximate surface area is 368 Å². The van der Waals surface area contributed by atoms with Crippen LogP contribution in [0.25, 0.3) is 127 Å². The van der Waals surface area contributed by atoms with E-state index in [2.05, 4.69) is 199 Å². The van der Waals surface area contributed by atoms with Gasteiger partial charge in [0.25, 0.3) is 0 Å². The second-order valence-corrected chi connectivity index (χ2v) is 16.4. The van der Waals surface area contributed by atoms with Gasteiger partial charge in [-0.25, -0.2) is 15.0 Å². The third-order valence-corrected chi connectivity index (χ3v) is 12.6. The minimum absolute atomic E-state index is 0.551. The quantitative estimate of drug-likeness (QED) is 0.168. The molecule has 3 aromatic heterocycles. The van der Waals surface area contributed by atoms with E-state index in [0.29, 0.717) is 17.5 Å². The Morgan fingerprint density at radius 3 is 1.50 bits per heavy atom. The highest BCUT2D eigenvalue weighted by molar-refractivity contribution is 6.24. The average molecular weight is 817 g/mol. The number of furan rings is 1.